The minimum Gasteiger partial charge on any atom is -0.496 e. The van der Waals surface area contributed by atoms with Crippen LogP contribution in [-0.4, -0.2) is 49.2 Å². The molecule has 132 valence electrons. The first kappa shape index (κ1) is 17.1. The molecular weight excluding hydrogens is 320 g/mol. The molecule has 0 atom stereocenters. The molecular formula is C19H22N2O4. The van der Waals surface area contributed by atoms with E-state index in [1.165, 1.54) is 0 Å². The topological polar surface area (TPSA) is 60.9 Å². The first-order chi connectivity index (χ1) is 12.2. The van der Waals surface area contributed by atoms with E-state index in [9.17, 15) is 4.79 Å². The van der Waals surface area contributed by atoms with E-state index in [0.717, 1.165) is 18.6 Å². The van der Waals surface area contributed by atoms with E-state index < -0.39 is 0 Å². The molecule has 0 spiro atoms. The summed E-state index contributed by atoms with van der Waals surface area (Å²) in [5.74, 6) is 1.74. The number of aromatic nitrogens is 1. The molecule has 1 amide bonds. The summed E-state index contributed by atoms with van der Waals surface area (Å²) < 4.78 is 16.6. The van der Waals surface area contributed by atoms with Crippen molar-refractivity contribution in [2.24, 2.45) is 0 Å². The van der Waals surface area contributed by atoms with Gasteiger partial charge in [0.25, 0.3) is 5.91 Å². The van der Waals surface area contributed by atoms with Crippen LogP contribution in [0.3, 0.4) is 0 Å². The Morgan fingerprint density at radius 1 is 1.08 bits per heavy atom. The van der Waals surface area contributed by atoms with Crippen molar-refractivity contribution in [2.75, 3.05) is 27.3 Å². The maximum atomic E-state index is 12.9. The van der Waals surface area contributed by atoms with Crippen molar-refractivity contribution >= 4 is 5.91 Å². The lowest BCUT2D eigenvalue weighted by molar-refractivity contribution is 0.0589. The molecule has 6 heteroatoms. The van der Waals surface area contributed by atoms with Crippen LogP contribution in [0.5, 0.6) is 17.2 Å². The zero-order chi connectivity index (χ0) is 17.6. The van der Waals surface area contributed by atoms with E-state index >= 15 is 0 Å². The average Bonchev–Trinajstić information content (AvgIpc) is 2.68. The molecule has 0 aliphatic carbocycles. The highest BCUT2D eigenvalue weighted by molar-refractivity contribution is 5.99. The first-order valence-corrected chi connectivity index (χ1v) is 8.30. The van der Waals surface area contributed by atoms with Gasteiger partial charge in [-0.15, -0.1) is 0 Å². The number of carbonyl (C=O) groups excluding carboxylic acids is 1. The molecule has 25 heavy (non-hydrogen) atoms. The summed E-state index contributed by atoms with van der Waals surface area (Å²) in [7, 11) is 3.11. The Morgan fingerprint density at radius 3 is 2.32 bits per heavy atom. The van der Waals surface area contributed by atoms with Gasteiger partial charge >= 0.3 is 0 Å². The van der Waals surface area contributed by atoms with Crippen molar-refractivity contribution in [1.82, 2.24) is 9.88 Å². The van der Waals surface area contributed by atoms with Gasteiger partial charge < -0.3 is 19.1 Å². The van der Waals surface area contributed by atoms with Crippen molar-refractivity contribution in [3.05, 3.63) is 48.3 Å². The lowest BCUT2D eigenvalue weighted by atomic mass is 10.1. The van der Waals surface area contributed by atoms with E-state index in [2.05, 4.69) is 4.98 Å². The summed E-state index contributed by atoms with van der Waals surface area (Å²) >= 11 is 0. The zero-order valence-electron chi connectivity index (χ0n) is 14.5. The summed E-state index contributed by atoms with van der Waals surface area (Å²) in [6.45, 7) is 1.26. The van der Waals surface area contributed by atoms with Crippen LogP contribution < -0.4 is 14.2 Å². The van der Waals surface area contributed by atoms with Gasteiger partial charge in [-0.25, -0.2) is 0 Å². The molecule has 6 nitrogen and oxygen atoms in total. The first-order valence-electron chi connectivity index (χ1n) is 8.30. The van der Waals surface area contributed by atoms with Crippen LogP contribution in [0.1, 0.15) is 23.2 Å². The molecule has 0 radical (unpaired) electrons. The molecule has 0 saturated carbocycles. The predicted octanol–water partition coefficient (Wildman–Crippen LogP) is 2.78. The molecule has 2 aromatic rings. The molecule has 1 aromatic carbocycles. The highest BCUT2D eigenvalue weighted by Gasteiger charge is 2.28. The summed E-state index contributed by atoms with van der Waals surface area (Å²) in [6, 6.07) is 9.09. The van der Waals surface area contributed by atoms with Crippen LogP contribution in [0.15, 0.2) is 42.7 Å². The molecule has 1 aromatic heterocycles. The molecule has 0 unspecified atom stereocenters. The lowest BCUT2D eigenvalue weighted by Gasteiger charge is -2.32. The summed E-state index contributed by atoms with van der Waals surface area (Å²) in [6.07, 6.45) is 5.06. The number of pyridine rings is 1. The van der Waals surface area contributed by atoms with Crippen molar-refractivity contribution in [3.63, 3.8) is 0 Å². The number of hydrogen-bond acceptors (Lipinski definition) is 5. The maximum Gasteiger partial charge on any atom is 0.261 e. The third-order valence-electron chi connectivity index (χ3n) is 4.31. The van der Waals surface area contributed by atoms with Crippen LogP contribution in [0.2, 0.25) is 0 Å². The number of carbonyl (C=O) groups is 1. The Kier molecular flexibility index (Phi) is 5.38. The molecule has 1 saturated heterocycles. The van der Waals surface area contributed by atoms with E-state index in [1.54, 1.807) is 38.7 Å². The third-order valence-corrected chi connectivity index (χ3v) is 4.31. The summed E-state index contributed by atoms with van der Waals surface area (Å²) in [4.78, 5) is 18.8. The minimum atomic E-state index is -0.0749. The quantitative estimate of drug-likeness (QED) is 0.836. The summed E-state index contributed by atoms with van der Waals surface area (Å²) in [5, 5.41) is 0. The summed E-state index contributed by atoms with van der Waals surface area (Å²) in [5.41, 5.74) is 0.471. The van der Waals surface area contributed by atoms with Crippen molar-refractivity contribution in [3.8, 4) is 17.2 Å². The van der Waals surface area contributed by atoms with Gasteiger partial charge in [0.05, 0.1) is 20.4 Å². The molecule has 0 N–H and O–H groups in total. The predicted molar refractivity (Wildman–Crippen MR) is 93.3 cm³/mol. The van der Waals surface area contributed by atoms with Crippen LogP contribution >= 0.6 is 0 Å². The van der Waals surface area contributed by atoms with Crippen molar-refractivity contribution in [2.45, 2.75) is 18.9 Å². The lowest BCUT2D eigenvalue weighted by Crippen LogP contribution is -2.42. The molecule has 2 heterocycles. The second-order valence-corrected chi connectivity index (χ2v) is 5.84. The molecule has 1 fully saturated rings. The maximum absolute atomic E-state index is 12.9. The van der Waals surface area contributed by atoms with E-state index in [0.29, 0.717) is 30.2 Å². The van der Waals surface area contributed by atoms with Gasteiger partial charge in [-0.05, 0) is 24.3 Å². The van der Waals surface area contributed by atoms with E-state index in [1.807, 2.05) is 23.1 Å². The van der Waals surface area contributed by atoms with Gasteiger partial charge in [-0.3, -0.25) is 9.78 Å². The van der Waals surface area contributed by atoms with Gasteiger partial charge in [-0.1, -0.05) is 6.07 Å². The molecule has 3 rings (SSSR count). The highest BCUT2D eigenvalue weighted by atomic mass is 16.5. The Morgan fingerprint density at radius 2 is 1.76 bits per heavy atom. The van der Waals surface area contributed by atoms with Gasteiger partial charge in [0.15, 0.2) is 0 Å². The highest BCUT2D eigenvalue weighted by Crippen LogP contribution is 2.30. The van der Waals surface area contributed by atoms with Gasteiger partial charge in [0, 0.05) is 32.1 Å². The molecule has 1 aliphatic heterocycles. The standard InChI is InChI=1S/C19H22N2O4/c1-23-16-6-3-7-17(24-2)18(16)19(22)21-11-8-14(9-12-21)25-15-5-4-10-20-13-15/h3-7,10,13-14H,8-9,11-12H2,1-2H3. The number of benzene rings is 1. The SMILES string of the molecule is COc1cccc(OC)c1C(=O)N1CCC(Oc2cccnc2)CC1. The minimum absolute atomic E-state index is 0.0749. The normalized spacial score (nSPS) is 14.9. The number of hydrogen-bond donors (Lipinski definition) is 0. The number of methoxy groups -OCH3 is 2. The number of ether oxygens (including phenoxy) is 3. The fraction of sp³-hybridized carbons (Fsp3) is 0.368. The molecule has 1 aliphatic rings. The van der Waals surface area contributed by atoms with E-state index in [-0.39, 0.29) is 12.0 Å². The number of piperidine rings is 1. The van der Waals surface area contributed by atoms with Gasteiger partial charge in [-0.2, -0.15) is 0 Å². The van der Waals surface area contributed by atoms with Crippen LogP contribution in [0.4, 0.5) is 0 Å². The zero-order valence-corrected chi connectivity index (χ0v) is 14.5. The average molecular weight is 342 g/mol. The van der Waals surface area contributed by atoms with Crippen LogP contribution in [0.25, 0.3) is 0 Å². The number of likely N-dealkylation sites (tertiary alicyclic amines) is 1. The van der Waals surface area contributed by atoms with Crippen molar-refractivity contribution < 1.29 is 19.0 Å². The Hall–Kier alpha value is -2.76. The molecule has 0 bridgehead atoms. The smallest absolute Gasteiger partial charge is 0.261 e. The van der Waals surface area contributed by atoms with Gasteiger partial charge in [0.2, 0.25) is 0 Å². The van der Waals surface area contributed by atoms with Crippen molar-refractivity contribution in [1.29, 1.82) is 0 Å². The fourth-order valence-electron chi connectivity index (χ4n) is 3.01. The fourth-order valence-corrected chi connectivity index (χ4v) is 3.01. The Labute approximate surface area is 147 Å². The third kappa shape index (κ3) is 3.84. The largest absolute Gasteiger partial charge is 0.496 e. The van der Waals surface area contributed by atoms with Crippen LogP contribution in [-0.2, 0) is 0 Å². The number of amides is 1. The second kappa shape index (κ2) is 7.88. The second-order valence-electron chi connectivity index (χ2n) is 5.84. The van der Waals surface area contributed by atoms with Gasteiger partial charge in [0.1, 0.15) is 28.9 Å². The Balaban J connectivity index is 1.66. The number of rotatable bonds is 5. The Bertz CT molecular complexity index is 690. The van der Waals surface area contributed by atoms with Crippen LogP contribution in [0, 0.1) is 0 Å². The monoisotopic (exact) mass is 342 g/mol. The number of nitrogens with zero attached hydrogens (tertiary/aromatic N) is 2. The van der Waals surface area contributed by atoms with E-state index in [4.69, 9.17) is 14.2 Å².